The predicted octanol–water partition coefficient (Wildman–Crippen LogP) is 3.00. The van der Waals surface area contributed by atoms with Gasteiger partial charge in [-0.3, -0.25) is 0 Å². The van der Waals surface area contributed by atoms with Gasteiger partial charge in [-0.25, -0.2) is 0 Å². The third-order valence-corrected chi connectivity index (χ3v) is 3.57. The Morgan fingerprint density at radius 1 is 1.38 bits per heavy atom. The van der Waals surface area contributed by atoms with Gasteiger partial charge in [0.25, 0.3) is 0 Å². The molecule has 0 fully saturated rings. The molecule has 1 aliphatic carbocycles. The van der Waals surface area contributed by atoms with Crippen molar-refractivity contribution in [2.24, 2.45) is 0 Å². The number of fused-ring (bicyclic) bond motifs is 1. The predicted molar refractivity (Wildman–Crippen MR) is 55.8 cm³/mol. The summed E-state index contributed by atoms with van der Waals surface area (Å²) < 4.78 is 0. The number of nitriles is 1. The van der Waals surface area contributed by atoms with Crippen LogP contribution in [0.5, 0.6) is 0 Å². The summed E-state index contributed by atoms with van der Waals surface area (Å²) in [6, 6.07) is 10.6. The Morgan fingerprint density at radius 3 is 2.92 bits per heavy atom. The van der Waals surface area contributed by atoms with E-state index < -0.39 is 0 Å². The number of hydrogen-bond acceptors (Lipinski definition) is 1. The Bertz CT molecular complexity index is 353. The molecule has 0 N–H and O–H groups in total. The zero-order valence-electron chi connectivity index (χ0n) is 7.20. The molecule has 1 aromatic carbocycles. The highest BCUT2D eigenvalue weighted by Crippen LogP contribution is 2.35. The molecule has 0 radical (unpaired) electrons. The van der Waals surface area contributed by atoms with Crippen LogP contribution in [0.3, 0.4) is 0 Å². The molecule has 0 heterocycles. The molecule has 1 aliphatic rings. The summed E-state index contributed by atoms with van der Waals surface area (Å²) in [4.78, 5) is 0.326. The van der Waals surface area contributed by atoms with E-state index in [1.807, 2.05) is 12.1 Å². The van der Waals surface area contributed by atoms with Gasteiger partial charge in [0.2, 0.25) is 0 Å². The molecule has 2 rings (SSSR count). The average Bonchev–Trinajstić information content (AvgIpc) is 2.18. The van der Waals surface area contributed by atoms with Gasteiger partial charge < -0.3 is 0 Å². The minimum atomic E-state index is 0.0324. The first-order chi connectivity index (χ1) is 6.33. The Morgan fingerprint density at radius 2 is 2.15 bits per heavy atom. The van der Waals surface area contributed by atoms with Crippen LogP contribution in [-0.2, 0) is 6.42 Å². The third-order valence-electron chi connectivity index (χ3n) is 2.58. The van der Waals surface area contributed by atoms with Crippen molar-refractivity contribution in [2.75, 3.05) is 0 Å². The van der Waals surface area contributed by atoms with Crippen LogP contribution in [0.2, 0.25) is 0 Å². The second-order valence-electron chi connectivity index (χ2n) is 3.36. The summed E-state index contributed by atoms with van der Waals surface area (Å²) in [5, 5.41) is 9.03. The first kappa shape index (κ1) is 8.77. The molecule has 0 aliphatic heterocycles. The number of benzene rings is 1. The van der Waals surface area contributed by atoms with Gasteiger partial charge in [-0.1, -0.05) is 40.2 Å². The first-order valence-electron chi connectivity index (χ1n) is 4.44. The lowest BCUT2D eigenvalue weighted by atomic mass is 9.84. The Labute approximate surface area is 86.5 Å². The van der Waals surface area contributed by atoms with Crippen LogP contribution < -0.4 is 0 Å². The van der Waals surface area contributed by atoms with Crippen molar-refractivity contribution in [3.05, 3.63) is 35.4 Å². The fourth-order valence-electron chi connectivity index (χ4n) is 1.87. The molecular formula is C11H10BrN. The van der Waals surface area contributed by atoms with E-state index in [2.05, 4.69) is 34.1 Å². The number of aryl methyl sites for hydroxylation is 1. The number of alkyl halides is 1. The van der Waals surface area contributed by atoms with E-state index in [1.54, 1.807) is 0 Å². The molecule has 2 atom stereocenters. The zero-order chi connectivity index (χ0) is 9.26. The fourth-order valence-corrected chi connectivity index (χ4v) is 2.50. The van der Waals surface area contributed by atoms with Crippen LogP contribution >= 0.6 is 15.9 Å². The molecular weight excluding hydrogens is 226 g/mol. The first-order valence-corrected chi connectivity index (χ1v) is 5.36. The molecule has 66 valence electrons. The maximum atomic E-state index is 9.03. The van der Waals surface area contributed by atoms with Crippen molar-refractivity contribution in [1.29, 1.82) is 5.26 Å². The molecule has 0 aromatic heterocycles. The van der Waals surface area contributed by atoms with E-state index in [-0.39, 0.29) is 5.92 Å². The van der Waals surface area contributed by atoms with Crippen LogP contribution in [-0.4, -0.2) is 4.83 Å². The van der Waals surface area contributed by atoms with Gasteiger partial charge in [0, 0.05) is 4.83 Å². The van der Waals surface area contributed by atoms with Gasteiger partial charge in [0.1, 0.15) is 0 Å². The van der Waals surface area contributed by atoms with E-state index in [4.69, 9.17) is 5.26 Å². The maximum absolute atomic E-state index is 9.03. The lowest BCUT2D eigenvalue weighted by molar-refractivity contribution is 0.663. The van der Waals surface area contributed by atoms with Crippen molar-refractivity contribution < 1.29 is 0 Å². The van der Waals surface area contributed by atoms with E-state index in [9.17, 15) is 0 Å². The molecule has 2 heteroatoms. The summed E-state index contributed by atoms with van der Waals surface area (Å²) in [6.07, 6.45) is 2.15. The molecule has 13 heavy (non-hydrogen) atoms. The lowest BCUT2D eigenvalue weighted by Crippen LogP contribution is -2.19. The molecule has 0 amide bonds. The normalized spacial score (nSPS) is 26.2. The second-order valence-corrected chi connectivity index (χ2v) is 4.54. The Kier molecular flexibility index (Phi) is 2.37. The molecule has 0 saturated carbocycles. The number of halogens is 1. The van der Waals surface area contributed by atoms with Crippen LogP contribution in [0, 0.1) is 11.3 Å². The van der Waals surface area contributed by atoms with Crippen molar-refractivity contribution >= 4 is 15.9 Å². The van der Waals surface area contributed by atoms with Crippen molar-refractivity contribution in [1.82, 2.24) is 0 Å². The molecule has 0 saturated heterocycles. The van der Waals surface area contributed by atoms with Crippen LogP contribution in [0.4, 0.5) is 0 Å². The average molecular weight is 236 g/mol. The smallest absolute Gasteiger partial charge is 0.0840 e. The van der Waals surface area contributed by atoms with Gasteiger partial charge >= 0.3 is 0 Å². The summed E-state index contributed by atoms with van der Waals surface area (Å²) >= 11 is 3.56. The number of rotatable bonds is 0. The minimum absolute atomic E-state index is 0.0324. The van der Waals surface area contributed by atoms with Crippen molar-refractivity contribution in [3.8, 4) is 6.07 Å². The minimum Gasteiger partial charge on any atom is -0.198 e. The van der Waals surface area contributed by atoms with E-state index >= 15 is 0 Å². The maximum Gasteiger partial charge on any atom is 0.0840 e. The zero-order valence-corrected chi connectivity index (χ0v) is 8.79. The molecule has 1 nitrogen and oxygen atoms in total. The van der Waals surface area contributed by atoms with Gasteiger partial charge in [-0.2, -0.15) is 5.26 Å². The molecule has 0 spiro atoms. The standard InChI is InChI=1S/C11H10BrN/c12-11-6-5-8-3-1-2-4-9(8)10(11)7-13/h1-4,10-11H,5-6H2. The Balaban J connectivity index is 2.46. The topological polar surface area (TPSA) is 23.8 Å². The van der Waals surface area contributed by atoms with Gasteiger partial charge in [-0.05, 0) is 24.0 Å². The number of hydrogen-bond donors (Lipinski definition) is 0. The Hall–Kier alpha value is -0.810. The quantitative estimate of drug-likeness (QED) is 0.635. The van der Waals surface area contributed by atoms with Crippen LogP contribution in [0.1, 0.15) is 23.5 Å². The molecule has 0 bridgehead atoms. The van der Waals surface area contributed by atoms with Gasteiger partial charge in [0.15, 0.2) is 0 Å². The highest BCUT2D eigenvalue weighted by Gasteiger charge is 2.26. The van der Waals surface area contributed by atoms with Gasteiger partial charge in [0.05, 0.1) is 12.0 Å². The monoisotopic (exact) mass is 235 g/mol. The largest absolute Gasteiger partial charge is 0.198 e. The highest BCUT2D eigenvalue weighted by atomic mass is 79.9. The summed E-state index contributed by atoms with van der Waals surface area (Å²) in [7, 11) is 0. The molecule has 1 aromatic rings. The summed E-state index contributed by atoms with van der Waals surface area (Å²) in [6.45, 7) is 0. The van der Waals surface area contributed by atoms with E-state index in [1.165, 1.54) is 11.1 Å². The third kappa shape index (κ3) is 1.49. The fraction of sp³-hybridized carbons (Fsp3) is 0.364. The van der Waals surface area contributed by atoms with E-state index in [0.29, 0.717) is 4.83 Å². The van der Waals surface area contributed by atoms with Crippen molar-refractivity contribution in [3.63, 3.8) is 0 Å². The van der Waals surface area contributed by atoms with Gasteiger partial charge in [-0.15, -0.1) is 0 Å². The summed E-state index contributed by atoms with van der Waals surface area (Å²) in [5.74, 6) is 0.0324. The summed E-state index contributed by atoms with van der Waals surface area (Å²) in [5.41, 5.74) is 2.54. The highest BCUT2D eigenvalue weighted by molar-refractivity contribution is 9.09. The van der Waals surface area contributed by atoms with Crippen LogP contribution in [0.15, 0.2) is 24.3 Å². The lowest BCUT2D eigenvalue weighted by Gasteiger charge is -2.24. The van der Waals surface area contributed by atoms with Crippen LogP contribution in [0.25, 0.3) is 0 Å². The second kappa shape index (κ2) is 3.51. The SMILES string of the molecule is N#CC1c2ccccc2CCC1Br. The molecule has 2 unspecified atom stereocenters. The van der Waals surface area contributed by atoms with E-state index in [0.717, 1.165) is 12.8 Å². The number of nitrogens with zero attached hydrogens (tertiary/aromatic N) is 1. The van der Waals surface area contributed by atoms with Crippen molar-refractivity contribution in [2.45, 2.75) is 23.6 Å².